The highest BCUT2D eigenvalue weighted by atomic mass is 32.2. The smallest absolute Gasteiger partial charge is 0.261 e. The van der Waals surface area contributed by atoms with Crippen LogP contribution in [0.4, 0.5) is 0 Å². The molecule has 0 spiro atoms. The summed E-state index contributed by atoms with van der Waals surface area (Å²) in [5, 5.41) is 2.84. The molecular formula is C11H14N2OS3. The lowest BCUT2D eigenvalue weighted by molar-refractivity contribution is 0.0959. The van der Waals surface area contributed by atoms with E-state index in [1.165, 1.54) is 10.4 Å². The van der Waals surface area contributed by atoms with Crippen LogP contribution in [0.1, 0.15) is 26.5 Å². The van der Waals surface area contributed by atoms with Crippen molar-refractivity contribution in [2.75, 3.05) is 12.3 Å². The third-order valence-corrected chi connectivity index (χ3v) is 4.96. The van der Waals surface area contributed by atoms with Crippen LogP contribution < -0.4 is 11.1 Å². The molecule has 0 saturated heterocycles. The van der Waals surface area contributed by atoms with Crippen molar-refractivity contribution in [3.63, 3.8) is 0 Å². The molecule has 0 aromatic carbocycles. The van der Waals surface area contributed by atoms with E-state index in [-0.39, 0.29) is 5.91 Å². The fourth-order valence-electron chi connectivity index (χ4n) is 1.65. The number of amides is 1. The minimum absolute atomic E-state index is 0.00866. The summed E-state index contributed by atoms with van der Waals surface area (Å²) in [6.45, 7) is 0.519. The maximum atomic E-state index is 11.9. The van der Waals surface area contributed by atoms with Gasteiger partial charge in [0.05, 0.1) is 9.87 Å². The van der Waals surface area contributed by atoms with Gasteiger partial charge >= 0.3 is 0 Å². The van der Waals surface area contributed by atoms with Crippen LogP contribution in [0, 0.1) is 0 Å². The Balaban J connectivity index is 1.95. The van der Waals surface area contributed by atoms with Crippen LogP contribution >= 0.6 is 35.3 Å². The van der Waals surface area contributed by atoms with Crippen molar-refractivity contribution >= 4 is 46.2 Å². The van der Waals surface area contributed by atoms with Crippen molar-refractivity contribution in [1.82, 2.24) is 5.32 Å². The van der Waals surface area contributed by atoms with Gasteiger partial charge in [-0.2, -0.15) is 11.8 Å². The zero-order valence-corrected chi connectivity index (χ0v) is 11.8. The molecule has 2 heterocycles. The molecule has 0 aliphatic carbocycles. The van der Waals surface area contributed by atoms with E-state index in [0.29, 0.717) is 18.0 Å². The summed E-state index contributed by atoms with van der Waals surface area (Å²) in [5.41, 5.74) is 6.70. The number of thiophene rings is 1. The molecule has 1 amide bonds. The molecule has 3 N–H and O–H groups in total. The normalized spacial score (nSPS) is 14.1. The Morgan fingerprint density at radius 1 is 1.59 bits per heavy atom. The number of nitrogens with two attached hydrogens (primary N) is 1. The summed E-state index contributed by atoms with van der Waals surface area (Å²) in [6, 6.07) is 2.02. The average Bonchev–Trinajstić information content (AvgIpc) is 2.71. The second-order valence-corrected chi connectivity index (χ2v) is 6.60. The van der Waals surface area contributed by atoms with Crippen molar-refractivity contribution in [3.8, 4) is 0 Å². The van der Waals surface area contributed by atoms with E-state index in [1.54, 1.807) is 11.3 Å². The third-order valence-electron chi connectivity index (χ3n) is 2.51. The molecule has 3 nitrogen and oxygen atoms in total. The van der Waals surface area contributed by atoms with Gasteiger partial charge in [0.1, 0.15) is 0 Å². The number of aryl methyl sites for hydroxylation is 1. The van der Waals surface area contributed by atoms with Gasteiger partial charge in [-0.05, 0) is 23.8 Å². The molecule has 1 aliphatic heterocycles. The van der Waals surface area contributed by atoms with Crippen LogP contribution in [0.5, 0.6) is 0 Å². The molecule has 2 rings (SSSR count). The molecule has 6 heteroatoms. The Morgan fingerprint density at radius 2 is 2.41 bits per heavy atom. The third kappa shape index (κ3) is 3.43. The molecular weight excluding hydrogens is 272 g/mol. The predicted octanol–water partition coefficient (Wildman–Crippen LogP) is 1.94. The van der Waals surface area contributed by atoms with Crippen LogP contribution in [0.15, 0.2) is 6.07 Å². The molecule has 92 valence electrons. The Bertz CT molecular complexity index is 418. The van der Waals surface area contributed by atoms with Gasteiger partial charge in [0.15, 0.2) is 0 Å². The number of thiocarbonyl (C=S) groups is 1. The molecule has 1 aliphatic rings. The summed E-state index contributed by atoms with van der Waals surface area (Å²) < 4.78 is 0. The highest BCUT2D eigenvalue weighted by Crippen LogP contribution is 2.31. The van der Waals surface area contributed by atoms with Crippen LogP contribution in [0.25, 0.3) is 0 Å². The number of hydrogen-bond acceptors (Lipinski definition) is 4. The van der Waals surface area contributed by atoms with Crippen molar-refractivity contribution in [2.24, 2.45) is 5.73 Å². The van der Waals surface area contributed by atoms with E-state index in [9.17, 15) is 4.79 Å². The summed E-state index contributed by atoms with van der Waals surface area (Å²) in [6.07, 6.45) is 1.65. The monoisotopic (exact) mass is 286 g/mol. The zero-order valence-electron chi connectivity index (χ0n) is 9.32. The molecule has 0 unspecified atom stereocenters. The van der Waals surface area contributed by atoms with E-state index in [1.807, 2.05) is 17.8 Å². The van der Waals surface area contributed by atoms with Crippen LogP contribution in [0.3, 0.4) is 0 Å². The van der Waals surface area contributed by atoms with Crippen molar-refractivity contribution in [2.45, 2.75) is 18.6 Å². The van der Waals surface area contributed by atoms with Crippen LogP contribution in [-0.4, -0.2) is 23.2 Å². The van der Waals surface area contributed by atoms with Gasteiger partial charge in [-0.3, -0.25) is 4.79 Å². The lowest BCUT2D eigenvalue weighted by Crippen LogP contribution is -2.26. The number of carbonyl (C=O) groups excluding carboxylic acids is 1. The maximum Gasteiger partial charge on any atom is 0.261 e. The summed E-state index contributed by atoms with van der Waals surface area (Å²) in [7, 11) is 0. The van der Waals surface area contributed by atoms with E-state index in [0.717, 1.165) is 22.8 Å². The van der Waals surface area contributed by atoms with Gasteiger partial charge in [-0.15, -0.1) is 11.3 Å². The summed E-state index contributed by atoms with van der Waals surface area (Å²) in [4.78, 5) is 14.5. The Labute approximate surface area is 114 Å². The minimum Gasteiger partial charge on any atom is -0.393 e. The Morgan fingerprint density at radius 3 is 3.12 bits per heavy atom. The molecule has 0 fully saturated rings. The molecule has 1 aromatic heterocycles. The highest BCUT2D eigenvalue weighted by molar-refractivity contribution is 7.98. The first-order valence-electron chi connectivity index (χ1n) is 5.42. The average molecular weight is 286 g/mol. The molecule has 0 atom stereocenters. The van der Waals surface area contributed by atoms with E-state index in [4.69, 9.17) is 18.0 Å². The number of thioether (sulfide) groups is 1. The van der Waals surface area contributed by atoms with Crippen molar-refractivity contribution < 1.29 is 4.79 Å². The molecule has 0 bridgehead atoms. The van der Waals surface area contributed by atoms with Crippen LogP contribution in [0.2, 0.25) is 0 Å². The quantitative estimate of drug-likeness (QED) is 0.831. The second-order valence-electron chi connectivity index (χ2n) is 3.83. The number of fused-ring (bicyclic) bond motifs is 1. The minimum atomic E-state index is -0.00866. The first-order valence-corrected chi connectivity index (χ1v) is 7.80. The van der Waals surface area contributed by atoms with E-state index >= 15 is 0 Å². The number of rotatable bonds is 4. The molecule has 0 saturated carbocycles. The molecule has 1 aromatic rings. The molecule has 17 heavy (non-hydrogen) atoms. The predicted molar refractivity (Wildman–Crippen MR) is 77.9 cm³/mol. The second kappa shape index (κ2) is 5.84. The van der Waals surface area contributed by atoms with E-state index < -0.39 is 0 Å². The highest BCUT2D eigenvalue weighted by Gasteiger charge is 2.17. The lowest BCUT2D eigenvalue weighted by Gasteiger charge is -2.08. The van der Waals surface area contributed by atoms with Gasteiger partial charge in [0.25, 0.3) is 5.91 Å². The first-order chi connectivity index (χ1) is 8.16. The first kappa shape index (κ1) is 12.9. The summed E-state index contributed by atoms with van der Waals surface area (Å²) >= 11 is 8.30. The van der Waals surface area contributed by atoms with Crippen molar-refractivity contribution in [1.29, 1.82) is 0 Å². The Hall–Kier alpha value is -0.590. The zero-order chi connectivity index (χ0) is 12.3. The van der Waals surface area contributed by atoms with Gasteiger partial charge < -0.3 is 11.1 Å². The maximum absolute atomic E-state index is 11.9. The molecule has 0 radical (unpaired) electrons. The number of carbonyl (C=O) groups is 1. The Kier molecular flexibility index (Phi) is 4.42. The number of nitrogens with one attached hydrogen (secondary N) is 1. The van der Waals surface area contributed by atoms with Gasteiger partial charge in [0, 0.05) is 23.6 Å². The van der Waals surface area contributed by atoms with Gasteiger partial charge in [-0.1, -0.05) is 12.2 Å². The number of hydrogen-bond donors (Lipinski definition) is 2. The van der Waals surface area contributed by atoms with Gasteiger partial charge in [-0.25, -0.2) is 0 Å². The fraction of sp³-hybridized carbons (Fsp3) is 0.455. The van der Waals surface area contributed by atoms with Crippen molar-refractivity contribution in [3.05, 3.63) is 21.4 Å². The summed E-state index contributed by atoms with van der Waals surface area (Å²) in [5.74, 6) is 2.19. The SMILES string of the molecule is NC(=S)CCNC(=O)c1cc2c(s1)CCSC2. The van der Waals surface area contributed by atoms with E-state index in [2.05, 4.69) is 5.32 Å². The lowest BCUT2D eigenvalue weighted by atomic mass is 10.2. The fourth-order valence-corrected chi connectivity index (χ4v) is 4.04. The van der Waals surface area contributed by atoms with Crippen LogP contribution in [-0.2, 0) is 12.2 Å². The van der Waals surface area contributed by atoms with Gasteiger partial charge in [0.2, 0.25) is 0 Å². The standard InChI is InChI=1S/C11H14N2OS3/c12-10(15)1-3-13-11(14)9-5-7-6-16-4-2-8(7)17-9/h5H,1-4,6H2,(H2,12,15)(H,13,14). The topological polar surface area (TPSA) is 55.1 Å². The largest absolute Gasteiger partial charge is 0.393 e.